The number of rotatable bonds is 7. The molecule has 0 spiro atoms. The van der Waals surface area contributed by atoms with E-state index >= 15 is 0 Å². The second-order valence-corrected chi connectivity index (χ2v) is 7.59. The van der Waals surface area contributed by atoms with E-state index < -0.39 is 17.6 Å². The molecular weight excluding hydrogens is 477 g/mol. The molecule has 184 valence electrons. The fourth-order valence-corrected chi connectivity index (χ4v) is 3.38. The number of methoxy groups -OCH3 is 1. The highest BCUT2D eigenvalue weighted by molar-refractivity contribution is 6.09. The van der Waals surface area contributed by atoms with Crippen LogP contribution < -0.4 is 24.3 Å². The Labute approximate surface area is 204 Å². The molecule has 4 rings (SSSR count). The molecule has 0 radical (unpaired) electrons. The Morgan fingerprint density at radius 2 is 1.89 bits per heavy atom. The van der Waals surface area contributed by atoms with Crippen LogP contribution in [0.4, 0.5) is 18.9 Å². The summed E-state index contributed by atoms with van der Waals surface area (Å²) in [5, 5.41) is 12.2. The van der Waals surface area contributed by atoms with Gasteiger partial charge in [-0.05, 0) is 53.6 Å². The third-order valence-corrected chi connectivity index (χ3v) is 5.14. The fourth-order valence-electron chi connectivity index (χ4n) is 3.38. The molecule has 1 heterocycles. The topological polar surface area (TPSA) is 89.8 Å². The number of nitrogens with zero attached hydrogens (tertiary/aromatic N) is 1. The van der Waals surface area contributed by atoms with Crippen molar-refractivity contribution >= 4 is 17.7 Å². The van der Waals surface area contributed by atoms with Crippen molar-refractivity contribution in [1.82, 2.24) is 0 Å². The molecule has 3 aromatic rings. The average molecular weight is 496 g/mol. The van der Waals surface area contributed by atoms with Crippen molar-refractivity contribution < 1.29 is 36.9 Å². The summed E-state index contributed by atoms with van der Waals surface area (Å²) < 4.78 is 60.4. The second-order valence-electron chi connectivity index (χ2n) is 7.59. The molecule has 0 bridgehead atoms. The average Bonchev–Trinajstić information content (AvgIpc) is 3.33. The summed E-state index contributed by atoms with van der Waals surface area (Å²) in [5.74, 6) is 0.964. The van der Waals surface area contributed by atoms with Crippen molar-refractivity contribution in [3.05, 3.63) is 82.9 Å². The first-order valence-corrected chi connectivity index (χ1v) is 10.6. The number of nitriles is 1. The number of hydrogen-bond acceptors (Lipinski definition) is 6. The van der Waals surface area contributed by atoms with Gasteiger partial charge in [0.05, 0.1) is 12.7 Å². The van der Waals surface area contributed by atoms with Crippen LogP contribution >= 0.6 is 0 Å². The Balaban J connectivity index is 1.51. The van der Waals surface area contributed by atoms with E-state index in [-0.39, 0.29) is 24.7 Å². The van der Waals surface area contributed by atoms with Crippen molar-refractivity contribution in [1.29, 1.82) is 5.26 Å². The molecule has 0 aliphatic carbocycles. The second kappa shape index (κ2) is 10.3. The third kappa shape index (κ3) is 5.70. The zero-order valence-corrected chi connectivity index (χ0v) is 18.9. The van der Waals surface area contributed by atoms with E-state index in [1.807, 2.05) is 6.07 Å². The van der Waals surface area contributed by atoms with Crippen molar-refractivity contribution in [2.45, 2.75) is 12.8 Å². The lowest BCUT2D eigenvalue weighted by Gasteiger charge is -2.13. The van der Waals surface area contributed by atoms with E-state index in [1.165, 1.54) is 31.4 Å². The minimum absolute atomic E-state index is 0.0890. The summed E-state index contributed by atoms with van der Waals surface area (Å²) >= 11 is 0. The van der Waals surface area contributed by atoms with Crippen LogP contribution in [0, 0.1) is 11.3 Å². The maximum Gasteiger partial charge on any atom is 0.416 e. The van der Waals surface area contributed by atoms with Gasteiger partial charge in [-0.3, -0.25) is 4.79 Å². The maximum atomic E-state index is 13.0. The summed E-state index contributed by atoms with van der Waals surface area (Å²) in [7, 11) is 1.42. The third-order valence-electron chi connectivity index (χ3n) is 5.14. The summed E-state index contributed by atoms with van der Waals surface area (Å²) in [6.45, 7) is -0.0606. The van der Waals surface area contributed by atoms with Crippen molar-refractivity contribution in [2.75, 3.05) is 19.2 Å². The van der Waals surface area contributed by atoms with Crippen LogP contribution in [0.5, 0.6) is 23.0 Å². The van der Waals surface area contributed by atoms with Crippen molar-refractivity contribution in [2.24, 2.45) is 0 Å². The SMILES string of the molecule is COc1ccc(/C=C(\C#N)C(=O)Nc2ccc3c(c2)OCO3)cc1OCc1cccc(C(F)(F)F)c1. The van der Waals surface area contributed by atoms with E-state index in [2.05, 4.69) is 5.32 Å². The van der Waals surface area contributed by atoms with Crippen LogP contribution in [0.1, 0.15) is 16.7 Å². The molecule has 0 atom stereocenters. The molecule has 1 aliphatic heterocycles. The Morgan fingerprint density at radius 3 is 2.64 bits per heavy atom. The highest BCUT2D eigenvalue weighted by Gasteiger charge is 2.30. The van der Waals surface area contributed by atoms with E-state index in [0.29, 0.717) is 34.1 Å². The number of amides is 1. The Hall–Kier alpha value is -4.65. The molecule has 0 aromatic heterocycles. The minimum atomic E-state index is -4.47. The number of anilines is 1. The fraction of sp³-hybridized carbons (Fsp3) is 0.154. The van der Waals surface area contributed by atoms with Gasteiger partial charge >= 0.3 is 6.18 Å². The number of benzene rings is 3. The number of hydrogen-bond donors (Lipinski definition) is 1. The number of nitrogens with one attached hydrogen (secondary N) is 1. The normalized spacial score (nSPS) is 12.6. The summed E-state index contributed by atoms with van der Waals surface area (Å²) in [6, 6.07) is 16.2. The molecule has 1 amide bonds. The standard InChI is InChI=1S/C26H19F3N2O5/c1-33-21-7-5-16(11-23(21)34-14-17-3-2-4-19(10-17)26(27,28)29)9-18(13-30)25(32)31-20-6-8-22-24(12-20)36-15-35-22/h2-12H,14-15H2,1H3,(H,31,32)/b18-9+. The van der Waals surface area contributed by atoms with Gasteiger partial charge in [-0.25, -0.2) is 0 Å². The Morgan fingerprint density at radius 1 is 1.08 bits per heavy atom. The van der Waals surface area contributed by atoms with E-state index in [1.54, 1.807) is 30.3 Å². The molecule has 1 aliphatic rings. The van der Waals surface area contributed by atoms with Gasteiger partial charge in [0.25, 0.3) is 5.91 Å². The number of ether oxygens (including phenoxy) is 4. The molecule has 3 aromatic carbocycles. The smallest absolute Gasteiger partial charge is 0.416 e. The van der Waals surface area contributed by atoms with Gasteiger partial charge in [0.15, 0.2) is 23.0 Å². The van der Waals surface area contributed by atoms with Crippen molar-refractivity contribution in [3.63, 3.8) is 0 Å². The number of alkyl halides is 3. The number of carbonyl (C=O) groups excluding carboxylic acids is 1. The number of halogens is 3. The maximum absolute atomic E-state index is 13.0. The predicted molar refractivity (Wildman–Crippen MR) is 124 cm³/mol. The van der Waals surface area contributed by atoms with Gasteiger partial charge in [-0.15, -0.1) is 0 Å². The first-order valence-electron chi connectivity index (χ1n) is 10.6. The van der Waals surface area contributed by atoms with E-state index in [4.69, 9.17) is 18.9 Å². The van der Waals surface area contributed by atoms with Gasteiger partial charge in [0.1, 0.15) is 18.2 Å². The molecule has 0 fully saturated rings. The monoisotopic (exact) mass is 496 g/mol. The Bertz CT molecular complexity index is 1360. The van der Waals surface area contributed by atoms with E-state index in [9.17, 15) is 23.2 Å². The predicted octanol–water partition coefficient (Wildman–Crippen LogP) is 5.57. The highest BCUT2D eigenvalue weighted by atomic mass is 19.4. The largest absolute Gasteiger partial charge is 0.493 e. The Kier molecular flexibility index (Phi) is 7.01. The van der Waals surface area contributed by atoms with Gasteiger partial charge in [-0.1, -0.05) is 18.2 Å². The molecule has 0 unspecified atom stereocenters. The minimum Gasteiger partial charge on any atom is -0.493 e. The molecule has 0 saturated carbocycles. The summed E-state index contributed by atoms with van der Waals surface area (Å²) in [5.41, 5.74) is 0.229. The zero-order chi connectivity index (χ0) is 25.7. The lowest BCUT2D eigenvalue weighted by molar-refractivity contribution is -0.137. The van der Waals surface area contributed by atoms with Crippen LogP contribution in [-0.2, 0) is 17.6 Å². The molecule has 10 heteroatoms. The first-order chi connectivity index (χ1) is 17.3. The van der Waals surface area contributed by atoms with Crippen LogP contribution in [0.25, 0.3) is 6.08 Å². The highest BCUT2D eigenvalue weighted by Crippen LogP contribution is 2.35. The zero-order valence-electron chi connectivity index (χ0n) is 18.9. The molecule has 36 heavy (non-hydrogen) atoms. The summed E-state index contributed by atoms with van der Waals surface area (Å²) in [6.07, 6.45) is -3.10. The van der Waals surface area contributed by atoms with Crippen molar-refractivity contribution in [3.8, 4) is 29.1 Å². The number of fused-ring (bicyclic) bond motifs is 1. The lowest BCUT2D eigenvalue weighted by atomic mass is 10.1. The van der Waals surface area contributed by atoms with Crippen LogP contribution in [-0.4, -0.2) is 19.8 Å². The lowest BCUT2D eigenvalue weighted by Crippen LogP contribution is -2.13. The van der Waals surface area contributed by atoms with E-state index in [0.717, 1.165) is 12.1 Å². The van der Waals surface area contributed by atoms with Crippen LogP contribution in [0.3, 0.4) is 0 Å². The quantitative estimate of drug-likeness (QED) is 0.340. The summed E-state index contributed by atoms with van der Waals surface area (Å²) in [4.78, 5) is 12.7. The van der Waals surface area contributed by atoms with Gasteiger partial charge in [0, 0.05) is 11.8 Å². The van der Waals surface area contributed by atoms with Crippen LogP contribution in [0.2, 0.25) is 0 Å². The van der Waals surface area contributed by atoms with Gasteiger partial charge in [-0.2, -0.15) is 18.4 Å². The van der Waals surface area contributed by atoms with Crippen LogP contribution in [0.15, 0.2) is 66.2 Å². The number of carbonyl (C=O) groups is 1. The first kappa shape index (κ1) is 24.5. The molecule has 7 nitrogen and oxygen atoms in total. The van der Waals surface area contributed by atoms with Gasteiger partial charge < -0.3 is 24.3 Å². The molecule has 0 saturated heterocycles. The molecule has 1 N–H and O–H groups in total. The van der Waals surface area contributed by atoms with Gasteiger partial charge in [0.2, 0.25) is 6.79 Å². The molecular formula is C26H19F3N2O5.